The van der Waals surface area contributed by atoms with Crippen LogP contribution in [0.4, 0.5) is 0 Å². The third-order valence-electron chi connectivity index (χ3n) is 2.77. The average molecular weight is 214 g/mol. The lowest BCUT2D eigenvalue weighted by Crippen LogP contribution is -2.45. The van der Waals surface area contributed by atoms with E-state index in [1.54, 1.807) is 0 Å². The van der Waals surface area contributed by atoms with Crippen molar-refractivity contribution in [3.8, 4) is 0 Å². The van der Waals surface area contributed by atoms with E-state index in [9.17, 15) is 4.79 Å². The fourth-order valence-electron chi connectivity index (χ4n) is 1.90. The Balaban J connectivity index is 1.65. The number of ether oxygens (including phenoxy) is 2. The Hall–Kier alpha value is -0.650. The zero-order valence-corrected chi connectivity index (χ0v) is 8.83. The number of carbonyl (C=O) groups is 1. The molecular formula is C10H18N2O3. The highest BCUT2D eigenvalue weighted by atomic mass is 16.6. The van der Waals surface area contributed by atoms with Crippen LogP contribution in [0.15, 0.2) is 0 Å². The Kier molecular flexibility index (Phi) is 3.94. The van der Waals surface area contributed by atoms with E-state index in [0.717, 1.165) is 19.4 Å². The molecule has 2 N–H and O–H groups in total. The Morgan fingerprint density at radius 1 is 1.47 bits per heavy atom. The first kappa shape index (κ1) is 10.9. The molecule has 0 bridgehead atoms. The lowest BCUT2D eigenvalue weighted by atomic mass is 10.2. The van der Waals surface area contributed by atoms with Crippen LogP contribution in [0.5, 0.6) is 0 Å². The lowest BCUT2D eigenvalue weighted by molar-refractivity contribution is -0.125. The van der Waals surface area contributed by atoms with E-state index in [4.69, 9.17) is 9.47 Å². The minimum atomic E-state index is -0.00508. The summed E-state index contributed by atoms with van der Waals surface area (Å²) in [6.45, 7) is 3.37. The van der Waals surface area contributed by atoms with Crippen molar-refractivity contribution in [3.63, 3.8) is 0 Å². The van der Waals surface area contributed by atoms with Crippen molar-refractivity contribution in [1.82, 2.24) is 10.6 Å². The molecule has 2 rings (SSSR count). The fraction of sp³-hybridized carbons (Fsp3) is 0.900. The maximum Gasteiger partial charge on any atom is 0.237 e. The highest BCUT2D eigenvalue weighted by Gasteiger charge is 2.23. The summed E-state index contributed by atoms with van der Waals surface area (Å²) in [5, 5.41) is 6.05. The molecule has 2 aliphatic heterocycles. The summed E-state index contributed by atoms with van der Waals surface area (Å²) in [7, 11) is 0. The number of rotatable bonds is 3. The third-order valence-corrected chi connectivity index (χ3v) is 2.77. The van der Waals surface area contributed by atoms with Gasteiger partial charge in [0.2, 0.25) is 5.91 Å². The standard InChI is InChI=1S/C10H18N2O3/c13-10(9-2-1-3-11-9)12-6-8-7-14-4-5-15-8/h8-9,11H,1-7H2,(H,12,13)/t8?,9-/m1/s1. The molecule has 2 aliphatic rings. The van der Waals surface area contributed by atoms with E-state index in [2.05, 4.69) is 10.6 Å². The number of amides is 1. The topological polar surface area (TPSA) is 59.6 Å². The monoisotopic (exact) mass is 214 g/mol. The van der Waals surface area contributed by atoms with Crippen LogP contribution in [-0.2, 0) is 14.3 Å². The van der Waals surface area contributed by atoms with Gasteiger partial charge in [0.05, 0.1) is 32.0 Å². The van der Waals surface area contributed by atoms with Gasteiger partial charge in [-0.3, -0.25) is 4.79 Å². The normalized spacial score (nSPS) is 31.5. The molecule has 2 saturated heterocycles. The summed E-state index contributed by atoms with van der Waals surface area (Å²) in [5.41, 5.74) is 0. The van der Waals surface area contributed by atoms with Gasteiger partial charge in [-0.05, 0) is 19.4 Å². The minimum absolute atomic E-state index is 0.00508. The fourth-order valence-corrected chi connectivity index (χ4v) is 1.90. The van der Waals surface area contributed by atoms with Crippen LogP contribution in [0.25, 0.3) is 0 Å². The maximum absolute atomic E-state index is 11.6. The van der Waals surface area contributed by atoms with E-state index in [1.165, 1.54) is 0 Å². The van der Waals surface area contributed by atoms with Crippen LogP contribution in [0, 0.1) is 0 Å². The van der Waals surface area contributed by atoms with Crippen molar-refractivity contribution in [2.45, 2.75) is 25.0 Å². The van der Waals surface area contributed by atoms with Gasteiger partial charge in [0.25, 0.3) is 0 Å². The average Bonchev–Trinajstić information content (AvgIpc) is 2.81. The predicted octanol–water partition coefficient (Wildman–Crippen LogP) is -0.730. The Labute approximate surface area is 89.5 Å². The summed E-state index contributed by atoms with van der Waals surface area (Å²) in [5.74, 6) is 0.0849. The van der Waals surface area contributed by atoms with Gasteiger partial charge < -0.3 is 20.1 Å². The molecule has 2 fully saturated rings. The van der Waals surface area contributed by atoms with Gasteiger partial charge in [0.15, 0.2) is 0 Å². The highest BCUT2D eigenvalue weighted by Crippen LogP contribution is 2.05. The van der Waals surface area contributed by atoms with Crippen LogP contribution in [0.2, 0.25) is 0 Å². The lowest BCUT2D eigenvalue weighted by Gasteiger charge is -2.23. The second kappa shape index (κ2) is 5.44. The number of carbonyl (C=O) groups excluding carboxylic acids is 1. The van der Waals surface area contributed by atoms with Gasteiger partial charge in [0, 0.05) is 6.54 Å². The van der Waals surface area contributed by atoms with Crippen molar-refractivity contribution in [2.75, 3.05) is 32.9 Å². The molecule has 5 heteroatoms. The molecule has 5 nitrogen and oxygen atoms in total. The van der Waals surface area contributed by atoms with Crippen molar-refractivity contribution in [3.05, 3.63) is 0 Å². The first-order chi connectivity index (χ1) is 7.36. The van der Waals surface area contributed by atoms with E-state index < -0.39 is 0 Å². The van der Waals surface area contributed by atoms with Gasteiger partial charge in [-0.15, -0.1) is 0 Å². The van der Waals surface area contributed by atoms with Crippen LogP contribution < -0.4 is 10.6 Å². The predicted molar refractivity (Wildman–Crippen MR) is 54.6 cm³/mol. The van der Waals surface area contributed by atoms with Crippen molar-refractivity contribution in [1.29, 1.82) is 0 Å². The second-order valence-corrected chi connectivity index (χ2v) is 3.96. The van der Waals surface area contributed by atoms with Crippen LogP contribution in [-0.4, -0.2) is 51.0 Å². The molecule has 86 valence electrons. The van der Waals surface area contributed by atoms with Crippen molar-refractivity contribution >= 4 is 5.91 Å². The molecular weight excluding hydrogens is 196 g/mol. The van der Waals surface area contributed by atoms with Crippen LogP contribution >= 0.6 is 0 Å². The Morgan fingerprint density at radius 2 is 2.40 bits per heavy atom. The zero-order valence-electron chi connectivity index (χ0n) is 8.83. The second-order valence-electron chi connectivity index (χ2n) is 3.96. The smallest absolute Gasteiger partial charge is 0.237 e. The van der Waals surface area contributed by atoms with E-state index in [-0.39, 0.29) is 18.1 Å². The van der Waals surface area contributed by atoms with E-state index in [0.29, 0.717) is 26.4 Å². The van der Waals surface area contributed by atoms with Gasteiger partial charge >= 0.3 is 0 Å². The van der Waals surface area contributed by atoms with E-state index >= 15 is 0 Å². The molecule has 1 unspecified atom stereocenters. The molecule has 0 radical (unpaired) electrons. The summed E-state index contributed by atoms with van der Waals surface area (Å²) in [6.07, 6.45) is 2.04. The summed E-state index contributed by atoms with van der Waals surface area (Å²) in [4.78, 5) is 11.6. The van der Waals surface area contributed by atoms with Gasteiger partial charge in [-0.1, -0.05) is 0 Å². The summed E-state index contributed by atoms with van der Waals surface area (Å²) in [6, 6.07) is -0.00508. The van der Waals surface area contributed by atoms with Crippen LogP contribution in [0.1, 0.15) is 12.8 Å². The van der Waals surface area contributed by atoms with Crippen molar-refractivity contribution < 1.29 is 14.3 Å². The first-order valence-electron chi connectivity index (χ1n) is 5.57. The van der Waals surface area contributed by atoms with Crippen LogP contribution in [0.3, 0.4) is 0 Å². The van der Waals surface area contributed by atoms with Gasteiger partial charge in [-0.25, -0.2) is 0 Å². The van der Waals surface area contributed by atoms with E-state index in [1.807, 2.05) is 0 Å². The van der Waals surface area contributed by atoms with Crippen molar-refractivity contribution in [2.24, 2.45) is 0 Å². The first-order valence-corrected chi connectivity index (χ1v) is 5.57. The Morgan fingerprint density at radius 3 is 3.07 bits per heavy atom. The summed E-state index contributed by atoms with van der Waals surface area (Å²) < 4.78 is 10.7. The van der Waals surface area contributed by atoms with Gasteiger partial charge in [-0.2, -0.15) is 0 Å². The van der Waals surface area contributed by atoms with Gasteiger partial charge in [0.1, 0.15) is 0 Å². The SMILES string of the molecule is O=C(NCC1COCCO1)[C@H]1CCCN1. The summed E-state index contributed by atoms with van der Waals surface area (Å²) >= 11 is 0. The molecule has 1 amide bonds. The quantitative estimate of drug-likeness (QED) is 0.650. The zero-order chi connectivity index (χ0) is 10.5. The molecule has 0 saturated carbocycles. The largest absolute Gasteiger partial charge is 0.376 e. The molecule has 2 atom stereocenters. The molecule has 0 aliphatic carbocycles. The molecule has 0 aromatic rings. The molecule has 15 heavy (non-hydrogen) atoms. The molecule has 2 heterocycles. The molecule has 0 spiro atoms. The number of hydrogen-bond donors (Lipinski definition) is 2. The minimum Gasteiger partial charge on any atom is -0.376 e. The number of nitrogens with one attached hydrogen (secondary N) is 2. The number of hydrogen-bond acceptors (Lipinski definition) is 4. The molecule has 0 aromatic carbocycles. The Bertz CT molecular complexity index is 211. The highest BCUT2D eigenvalue weighted by molar-refractivity contribution is 5.81. The molecule has 0 aromatic heterocycles. The third kappa shape index (κ3) is 3.15. The maximum atomic E-state index is 11.6.